The van der Waals surface area contributed by atoms with Crippen LogP contribution in [-0.4, -0.2) is 27.6 Å². The van der Waals surface area contributed by atoms with Crippen LogP contribution in [0.4, 0.5) is 4.79 Å². The average Bonchev–Trinajstić information content (AvgIpc) is 2.93. The Balaban J connectivity index is 1.79. The Labute approximate surface area is 154 Å². The van der Waals surface area contributed by atoms with Crippen LogP contribution in [0.2, 0.25) is 0 Å². The van der Waals surface area contributed by atoms with Crippen LogP contribution in [0.25, 0.3) is 16.8 Å². The number of amides is 1. The summed E-state index contributed by atoms with van der Waals surface area (Å²) in [6.45, 7) is 8.09. The second-order valence-corrected chi connectivity index (χ2v) is 7.38. The summed E-state index contributed by atoms with van der Waals surface area (Å²) in [5.74, 6) is 0.909. The van der Waals surface area contributed by atoms with Crippen LogP contribution in [-0.2, 0) is 11.2 Å². The number of fused-ring (bicyclic) bond motifs is 1. The molecule has 3 aromatic rings. The minimum absolute atomic E-state index is 0.405. The van der Waals surface area contributed by atoms with E-state index in [0.29, 0.717) is 13.0 Å². The number of carbonyl (C=O) groups excluding carboxylic acids is 1. The number of benzene rings is 1. The van der Waals surface area contributed by atoms with Gasteiger partial charge in [0.1, 0.15) is 11.4 Å². The van der Waals surface area contributed by atoms with E-state index in [0.717, 1.165) is 22.6 Å². The van der Waals surface area contributed by atoms with Gasteiger partial charge in [-0.1, -0.05) is 35.9 Å². The van der Waals surface area contributed by atoms with Gasteiger partial charge in [-0.25, -0.2) is 9.78 Å². The summed E-state index contributed by atoms with van der Waals surface area (Å²) in [6, 6.07) is 14.4. The predicted octanol–water partition coefficient (Wildman–Crippen LogP) is 4.38. The second kappa shape index (κ2) is 7.20. The van der Waals surface area contributed by atoms with Gasteiger partial charge in [-0.2, -0.15) is 0 Å². The Morgan fingerprint density at radius 2 is 1.88 bits per heavy atom. The molecule has 0 aliphatic heterocycles. The van der Waals surface area contributed by atoms with Crippen LogP contribution in [0.15, 0.2) is 48.7 Å². The number of aromatic nitrogens is 2. The van der Waals surface area contributed by atoms with Crippen molar-refractivity contribution in [2.45, 2.75) is 39.7 Å². The van der Waals surface area contributed by atoms with E-state index in [9.17, 15) is 4.79 Å². The molecule has 1 amide bonds. The standard InChI is InChI=1S/C21H25N3O2/c1-15-8-10-16(11-9-15)19-17-7-5-6-14-24(17)18(23-19)12-13-22-20(25)26-21(2,3)4/h5-11,14H,12-13H2,1-4H3,(H,22,25). The summed E-state index contributed by atoms with van der Waals surface area (Å²) >= 11 is 0. The maximum Gasteiger partial charge on any atom is 0.407 e. The third-order valence-electron chi connectivity index (χ3n) is 3.96. The van der Waals surface area contributed by atoms with Gasteiger partial charge in [0.05, 0.1) is 11.2 Å². The van der Waals surface area contributed by atoms with Crippen LogP contribution < -0.4 is 5.32 Å². The fraction of sp³-hybridized carbons (Fsp3) is 0.333. The summed E-state index contributed by atoms with van der Waals surface area (Å²) in [5.41, 5.74) is 3.83. The molecule has 0 aliphatic rings. The monoisotopic (exact) mass is 351 g/mol. The zero-order valence-corrected chi connectivity index (χ0v) is 15.7. The number of nitrogens with zero attached hydrogens (tertiary/aromatic N) is 2. The molecular weight excluding hydrogens is 326 g/mol. The first kappa shape index (κ1) is 18.0. The number of nitrogens with one attached hydrogen (secondary N) is 1. The number of hydrogen-bond acceptors (Lipinski definition) is 3. The molecule has 1 aromatic carbocycles. The number of hydrogen-bond donors (Lipinski definition) is 1. The molecule has 0 saturated heterocycles. The van der Waals surface area contributed by atoms with Crippen molar-refractivity contribution in [1.29, 1.82) is 0 Å². The van der Waals surface area contributed by atoms with Gasteiger partial charge in [0.25, 0.3) is 0 Å². The van der Waals surface area contributed by atoms with E-state index in [-0.39, 0.29) is 0 Å². The molecule has 136 valence electrons. The summed E-state index contributed by atoms with van der Waals surface area (Å²) in [6.07, 6.45) is 2.22. The first-order valence-electron chi connectivity index (χ1n) is 8.83. The molecule has 0 bridgehead atoms. The highest BCUT2D eigenvalue weighted by Gasteiger charge is 2.16. The molecule has 3 rings (SSSR count). The van der Waals surface area contributed by atoms with Gasteiger partial charge in [0, 0.05) is 24.7 Å². The maximum atomic E-state index is 11.8. The molecule has 2 aromatic heterocycles. The van der Waals surface area contributed by atoms with E-state index in [2.05, 4.69) is 47.0 Å². The third-order valence-corrected chi connectivity index (χ3v) is 3.96. The molecule has 0 radical (unpaired) electrons. The van der Waals surface area contributed by atoms with E-state index in [1.807, 2.05) is 39.1 Å². The number of alkyl carbamates (subject to hydrolysis) is 1. The largest absolute Gasteiger partial charge is 0.444 e. The highest BCUT2D eigenvalue weighted by molar-refractivity contribution is 5.77. The van der Waals surface area contributed by atoms with Gasteiger partial charge < -0.3 is 14.5 Å². The molecule has 0 aliphatic carbocycles. The van der Waals surface area contributed by atoms with Crippen molar-refractivity contribution in [3.05, 3.63) is 60.0 Å². The molecule has 2 heterocycles. The summed E-state index contributed by atoms with van der Waals surface area (Å²) in [7, 11) is 0. The van der Waals surface area contributed by atoms with Crippen LogP contribution >= 0.6 is 0 Å². The molecule has 0 fully saturated rings. The zero-order chi connectivity index (χ0) is 18.7. The van der Waals surface area contributed by atoms with E-state index in [1.54, 1.807) is 0 Å². The van der Waals surface area contributed by atoms with Gasteiger partial charge in [-0.05, 0) is 39.8 Å². The Kier molecular flexibility index (Phi) is 4.98. The van der Waals surface area contributed by atoms with E-state index in [1.165, 1.54) is 5.56 Å². The van der Waals surface area contributed by atoms with Crippen LogP contribution in [0.5, 0.6) is 0 Å². The smallest absolute Gasteiger partial charge is 0.407 e. The van der Waals surface area contributed by atoms with Crippen molar-refractivity contribution in [1.82, 2.24) is 14.7 Å². The number of imidazole rings is 1. The van der Waals surface area contributed by atoms with Crippen LogP contribution in [0.3, 0.4) is 0 Å². The van der Waals surface area contributed by atoms with Crippen LogP contribution in [0, 0.1) is 6.92 Å². The third kappa shape index (κ3) is 4.23. The number of pyridine rings is 1. The lowest BCUT2D eigenvalue weighted by Crippen LogP contribution is -2.33. The first-order valence-corrected chi connectivity index (χ1v) is 8.83. The average molecular weight is 351 g/mol. The molecule has 5 heteroatoms. The Hall–Kier alpha value is -2.82. The molecule has 0 atom stereocenters. The van der Waals surface area contributed by atoms with E-state index in [4.69, 9.17) is 9.72 Å². The molecule has 1 N–H and O–H groups in total. The van der Waals surface area contributed by atoms with Gasteiger partial charge in [-0.3, -0.25) is 0 Å². The quantitative estimate of drug-likeness (QED) is 0.759. The highest BCUT2D eigenvalue weighted by atomic mass is 16.6. The van der Waals surface area contributed by atoms with Crippen molar-refractivity contribution < 1.29 is 9.53 Å². The SMILES string of the molecule is Cc1ccc(-c2nc(CCNC(=O)OC(C)(C)C)n3ccccc23)cc1. The number of aryl methyl sites for hydroxylation is 1. The molecule has 26 heavy (non-hydrogen) atoms. The van der Waals surface area contributed by atoms with E-state index >= 15 is 0 Å². The van der Waals surface area contributed by atoms with Crippen molar-refractivity contribution in [3.63, 3.8) is 0 Å². The van der Waals surface area contributed by atoms with Gasteiger partial charge >= 0.3 is 6.09 Å². The summed E-state index contributed by atoms with van der Waals surface area (Å²) in [5, 5.41) is 2.79. The topological polar surface area (TPSA) is 55.6 Å². The Morgan fingerprint density at radius 1 is 1.15 bits per heavy atom. The first-order chi connectivity index (χ1) is 12.3. The van der Waals surface area contributed by atoms with Crippen molar-refractivity contribution >= 4 is 11.6 Å². The van der Waals surface area contributed by atoms with Gasteiger partial charge in [-0.15, -0.1) is 0 Å². The van der Waals surface area contributed by atoms with E-state index < -0.39 is 11.7 Å². The lowest BCUT2D eigenvalue weighted by Gasteiger charge is -2.19. The summed E-state index contributed by atoms with van der Waals surface area (Å²) in [4.78, 5) is 16.6. The fourth-order valence-corrected chi connectivity index (χ4v) is 2.79. The second-order valence-electron chi connectivity index (χ2n) is 7.38. The minimum atomic E-state index is -0.497. The lowest BCUT2D eigenvalue weighted by atomic mass is 10.1. The van der Waals surface area contributed by atoms with Crippen molar-refractivity contribution in [2.75, 3.05) is 6.54 Å². The lowest BCUT2D eigenvalue weighted by molar-refractivity contribution is 0.0528. The Morgan fingerprint density at radius 3 is 2.58 bits per heavy atom. The number of rotatable bonds is 4. The van der Waals surface area contributed by atoms with Gasteiger partial charge in [0.15, 0.2) is 0 Å². The number of carbonyl (C=O) groups is 1. The molecule has 5 nitrogen and oxygen atoms in total. The molecule has 0 unspecified atom stereocenters. The van der Waals surface area contributed by atoms with Crippen LogP contribution in [0.1, 0.15) is 32.2 Å². The molecular formula is C21H25N3O2. The predicted molar refractivity (Wildman–Crippen MR) is 103 cm³/mol. The van der Waals surface area contributed by atoms with Crippen molar-refractivity contribution in [2.24, 2.45) is 0 Å². The fourth-order valence-electron chi connectivity index (χ4n) is 2.79. The normalized spacial score (nSPS) is 11.5. The van der Waals surface area contributed by atoms with Crippen molar-refractivity contribution in [3.8, 4) is 11.3 Å². The van der Waals surface area contributed by atoms with Gasteiger partial charge in [0.2, 0.25) is 0 Å². The zero-order valence-electron chi connectivity index (χ0n) is 15.7. The Bertz CT molecular complexity index is 905. The number of ether oxygens (including phenoxy) is 1. The molecule has 0 saturated carbocycles. The maximum absolute atomic E-state index is 11.8. The molecule has 0 spiro atoms. The minimum Gasteiger partial charge on any atom is -0.444 e. The highest BCUT2D eigenvalue weighted by Crippen LogP contribution is 2.25. The summed E-state index contributed by atoms with van der Waals surface area (Å²) < 4.78 is 7.35.